The number of hydrogen-bond donors (Lipinski definition) is 2. The quantitative estimate of drug-likeness (QED) is 0.623. The molecule has 0 aliphatic rings. The normalized spacial score (nSPS) is 12.2. The van der Waals surface area contributed by atoms with Crippen molar-refractivity contribution in [2.45, 2.75) is 32.7 Å². The molecule has 0 heterocycles. The predicted molar refractivity (Wildman–Crippen MR) is 40.1 cm³/mol. The van der Waals surface area contributed by atoms with Crippen molar-refractivity contribution in [2.75, 3.05) is 0 Å². The molecule has 0 aromatic rings. The summed E-state index contributed by atoms with van der Waals surface area (Å²) < 4.78 is 0. The highest BCUT2D eigenvalue weighted by Crippen LogP contribution is 1.88. The van der Waals surface area contributed by atoms with Crippen LogP contribution < -0.4 is 5.32 Å². The molecule has 0 spiro atoms. The Hall–Kier alpha value is -1.06. The van der Waals surface area contributed by atoms with Gasteiger partial charge in [0.1, 0.15) is 6.04 Å². The average Bonchev–Trinajstić information content (AvgIpc) is 1.87. The zero-order valence-electron chi connectivity index (χ0n) is 6.76. The first-order valence-corrected chi connectivity index (χ1v) is 3.60. The van der Waals surface area contributed by atoms with Crippen LogP contribution in [0.25, 0.3) is 0 Å². The zero-order chi connectivity index (χ0) is 8.85. The lowest BCUT2D eigenvalue weighted by Gasteiger charge is -2.07. The molecule has 4 heteroatoms. The maximum atomic E-state index is 10.8. The van der Waals surface area contributed by atoms with Gasteiger partial charge in [0.25, 0.3) is 0 Å². The first kappa shape index (κ1) is 9.94. The topological polar surface area (TPSA) is 66.4 Å². The summed E-state index contributed by atoms with van der Waals surface area (Å²) >= 11 is 0. The summed E-state index contributed by atoms with van der Waals surface area (Å²) in [5.41, 5.74) is 0. The Morgan fingerprint density at radius 1 is 1.55 bits per heavy atom. The Kier molecular flexibility index (Phi) is 4.26. The van der Waals surface area contributed by atoms with E-state index in [1.165, 1.54) is 6.92 Å². The van der Waals surface area contributed by atoms with Crippen LogP contribution in [-0.2, 0) is 9.59 Å². The molecule has 0 aromatic heterocycles. The number of aliphatic carboxylic acids is 1. The van der Waals surface area contributed by atoms with Gasteiger partial charge in [0.2, 0.25) is 5.91 Å². The highest BCUT2D eigenvalue weighted by molar-refractivity contribution is 5.83. The molecule has 0 saturated carbocycles. The number of carbonyl (C=O) groups is 2. The largest absolute Gasteiger partial charge is 0.480 e. The van der Waals surface area contributed by atoms with Gasteiger partial charge in [-0.1, -0.05) is 6.92 Å². The predicted octanol–water partition coefficient (Wildman–Crippen LogP) is 0.376. The van der Waals surface area contributed by atoms with Gasteiger partial charge < -0.3 is 10.4 Å². The Labute approximate surface area is 65.6 Å². The lowest BCUT2D eigenvalue weighted by Crippen LogP contribution is -2.38. The van der Waals surface area contributed by atoms with Crippen LogP contribution in [-0.4, -0.2) is 23.0 Å². The molecule has 0 aliphatic heterocycles. The van der Waals surface area contributed by atoms with Gasteiger partial charge in [-0.25, -0.2) is 0 Å². The Morgan fingerprint density at radius 2 is 2.09 bits per heavy atom. The van der Waals surface area contributed by atoms with Crippen molar-refractivity contribution in [1.29, 1.82) is 0 Å². The van der Waals surface area contributed by atoms with Crippen LogP contribution in [0.3, 0.4) is 0 Å². The van der Waals surface area contributed by atoms with Crippen molar-refractivity contribution in [3.05, 3.63) is 0 Å². The number of amides is 1. The van der Waals surface area contributed by atoms with Crippen LogP contribution in [0.15, 0.2) is 0 Å². The molecule has 64 valence electrons. The fourth-order valence-electron chi connectivity index (χ4n) is 0.602. The van der Waals surface area contributed by atoms with E-state index in [4.69, 9.17) is 5.11 Å². The SMILES string of the molecule is CCCC(=O)NC(C)C(=O)O. The Morgan fingerprint density at radius 3 is 2.45 bits per heavy atom. The molecule has 0 aromatic carbocycles. The summed E-state index contributed by atoms with van der Waals surface area (Å²) in [6.45, 7) is 3.31. The van der Waals surface area contributed by atoms with Crippen LogP contribution in [0, 0.1) is 0 Å². The molecular formula is C7H13NO3. The molecular weight excluding hydrogens is 146 g/mol. The Balaban J connectivity index is 3.66. The van der Waals surface area contributed by atoms with Gasteiger partial charge in [0.05, 0.1) is 0 Å². The molecule has 11 heavy (non-hydrogen) atoms. The van der Waals surface area contributed by atoms with E-state index in [2.05, 4.69) is 5.32 Å². The summed E-state index contributed by atoms with van der Waals surface area (Å²) in [5.74, 6) is -1.21. The van der Waals surface area contributed by atoms with Crippen LogP contribution in [0.4, 0.5) is 0 Å². The number of hydrogen-bond acceptors (Lipinski definition) is 2. The van der Waals surface area contributed by atoms with Gasteiger partial charge in [-0.2, -0.15) is 0 Å². The fraction of sp³-hybridized carbons (Fsp3) is 0.714. The second-order valence-corrected chi connectivity index (χ2v) is 2.38. The minimum absolute atomic E-state index is 0.206. The minimum Gasteiger partial charge on any atom is -0.480 e. The second kappa shape index (κ2) is 4.71. The fourth-order valence-corrected chi connectivity index (χ4v) is 0.602. The lowest BCUT2D eigenvalue weighted by molar-refractivity contribution is -0.141. The van der Waals surface area contributed by atoms with Gasteiger partial charge in [-0.05, 0) is 13.3 Å². The molecule has 2 N–H and O–H groups in total. The van der Waals surface area contributed by atoms with E-state index in [1.54, 1.807) is 0 Å². The number of rotatable bonds is 4. The molecule has 4 nitrogen and oxygen atoms in total. The van der Waals surface area contributed by atoms with Crippen molar-refractivity contribution in [3.8, 4) is 0 Å². The van der Waals surface area contributed by atoms with Crippen molar-refractivity contribution in [1.82, 2.24) is 5.32 Å². The number of carboxylic acid groups (broad SMARTS) is 1. The summed E-state index contributed by atoms with van der Waals surface area (Å²) in [6.07, 6.45) is 1.12. The third-order valence-electron chi connectivity index (χ3n) is 1.22. The monoisotopic (exact) mass is 159 g/mol. The first-order chi connectivity index (χ1) is 5.07. The second-order valence-electron chi connectivity index (χ2n) is 2.38. The van der Waals surface area contributed by atoms with Crippen LogP contribution in [0.2, 0.25) is 0 Å². The summed E-state index contributed by atoms with van der Waals surface area (Å²) in [4.78, 5) is 21.0. The molecule has 1 atom stereocenters. The molecule has 0 rings (SSSR count). The van der Waals surface area contributed by atoms with Gasteiger partial charge in [-0.15, -0.1) is 0 Å². The molecule has 0 aliphatic carbocycles. The minimum atomic E-state index is -1.01. The Bertz CT molecular complexity index is 156. The van der Waals surface area contributed by atoms with Gasteiger partial charge >= 0.3 is 5.97 Å². The van der Waals surface area contributed by atoms with Gasteiger partial charge in [0.15, 0.2) is 0 Å². The van der Waals surface area contributed by atoms with Crippen molar-refractivity contribution in [3.63, 3.8) is 0 Å². The van der Waals surface area contributed by atoms with Gasteiger partial charge in [-0.3, -0.25) is 9.59 Å². The molecule has 1 unspecified atom stereocenters. The van der Waals surface area contributed by atoms with Crippen LogP contribution in [0.5, 0.6) is 0 Å². The smallest absolute Gasteiger partial charge is 0.325 e. The van der Waals surface area contributed by atoms with Crippen molar-refractivity contribution < 1.29 is 14.7 Å². The number of carboxylic acids is 1. The summed E-state index contributed by atoms with van der Waals surface area (Å²) in [5, 5.41) is 10.7. The molecule has 1 amide bonds. The van der Waals surface area contributed by atoms with Crippen LogP contribution in [0.1, 0.15) is 26.7 Å². The highest BCUT2D eigenvalue weighted by Gasteiger charge is 2.12. The first-order valence-electron chi connectivity index (χ1n) is 3.60. The van der Waals surface area contributed by atoms with E-state index in [1.807, 2.05) is 6.92 Å². The summed E-state index contributed by atoms with van der Waals surface area (Å²) in [6, 6.07) is -0.783. The molecule has 0 saturated heterocycles. The average molecular weight is 159 g/mol. The van der Waals surface area contributed by atoms with Crippen molar-refractivity contribution >= 4 is 11.9 Å². The third kappa shape index (κ3) is 4.36. The van der Waals surface area contributed by atoms with E-state index in [0.29, 0.717) is 6.42 Å². The maximum absolute atomic E-state index is 10.8. The van der Waals surface area contributed by atoms with Crippen molar-refractivity contribution in [2.24, 2.45) is 0 Å². The zero-order valence-corrected chi connectivity index (χ0v) is 6.76. The van der Waals surface area contributed by atoms with E-state index in [-0.39, 0.29) is 5.91 Å². The maximum Gasteiger partial charge on any atom is 0.325 e. The van der Waals surface area contributed by atoms with E-state index >= 15 is 0 Å². The third-order valence-corrected chi connectivity index (χ3v) is 1.22. The van der Waals surface area contributed by atoms with Crippen LogP contribution >= 0.6 is 0 Å². The molecule has 0 fully saturated rings. The van der Waals surface area contributed by atoms with E-state index in [0.717, 1.165) is 6.42 Å². The standard InChI is InChI=1S/C7H13NO3/c1-3-4-6(9)8-5(2)7(10)11/h5H,3-4H2,1-2H3,(H,8,9)(H,10,11). The highest BCUT2D eigenvalue weighted by atomic mass is 16.4. The number of carbonyl (C=O) groups excluding carboxylic acids is 1. The number of nitrogens with one attached hydrogen (secondary N) is 1. The van der Waals surface area contributed by atoms with E-state index in [9.17, 15) is 9.59 Å². The van der Waals surface area contributed by atoms with Gasteiger partial charge in [0, 0.05) is 6.42 Å². The lowest BCUT2D eigenvalue weighted by atomic mass is 10.3. The molecule has 0 bridgehead atoms. The summed E-state index contributed by atoms with van der Waals surface area (Å²) in [7, 11) is 0. The molecule has 0 radical (unpaired) electrons. The van der Waals surface area contributed by atoms with E-state index < -0.39 is 12.0 Å².